The molecule has 1 rings (SSSR count). The number of hydrogen-bond donors (Lipinski definition) is 2. The molecule has 0 amide bonds. The molecule has 14 heavy (non-hydrogen) atoms. The van der Waals surface area contributed by atoms with Crippen LogP contribution in [0.3, 0.4) is 0 Å². The summed E-state index contributed by atoms with van der Waals surface area (Å²) in [6, 6.07) is 4.11. The molecule has 0 saturated carbocycles. The Bertz CT molecular complexity index is 277. The minimum Gasteiger partial charge on any atom is -0.394 e. The largest absolute Gasteiger partial charge is 0.394 e. The minimum absolute atomic E-state index is 0.162. The van der Waals surface area contributed by atoms with Gasteiger partial charge < -0.3 is 15.0 Å². The molecule has 1 unspecified atom stereocenters. The van der Waals surface area contributed by atoms with Gasteiger partial charge in [-0.05, 0) is 25.5 Å². The first kappa shape index (κ1) is 11.3. The summed E-state index contributed by atoms with van der Waals surface area (Å²) in [5, 5.41) is 12.6. The highest BCUT2D eigenvalue weighted by molar-refractivity contribution is 5.06. The molecule has 0 aliphatic carbocycles. The monoisotopic (exact) mass is 196 g/mol. The van der Waals surface area contributed by atoms with E-state index in [0.717, 1.165) is 13.0 Å². The maximum Gasteiger partial charge on any atom is 0.0610 e. The normalized spacial score (nSPS) is 15.4. The van der Waals surface area contributed by atoms with Crippen LogP contribution in [0, 0.1) is 0 Å². The van der Waals surface area contributed by atoms with Gasteiger partial charge in [0.25, 0.3) is 0 Å². The Morgan fingerprint density at radius 2 is 2.29 bits per heavy atom. The molecular formula is C11H20N2O. The molecule has 0 aromatic carbocycles. The second kappa shape index (κ2) is 4.62. The number of nitrogens with one attached hydrogen (secondary N) is 1. The molecule has 1 aromatic rings. The number of aliphatic hydroxyl groups is 1. The summed E-state index contributed by atoms with van der Waals surface area (Å²) in [4.78, 5) is 0. The molecule has 0 aliphatic rings. The zero-order valence-corrected chi connectivity index (χ0v) is 9.25. The lowest BCUT2D eigenvalue weighted by atomic mass is 10.0. The molecule has 0 aliphatic heterocycles. The smallest absolute Gasteiger partial charge is 0.0610 e. The topological polar surface area (TPSA) is 37.2 Å². The average Bonchev–Trinajstić information content (AvgIpc) is 2.61. The van der Waals surface area contributed by atoms with Crippen molar-refractivity contribution in [3.8, 4) is 0 Å². The minimum atomic E-state index is -0.162. The maximum atomic E-state index is 9.21. The quantitative estimate of drug-likeness (QED) is 0.744. The van der Waals surface area contributed by atoms with Crippen LogP contribution in [0.4, 0.5) is 0 Å². The summed E-state index contributed by atoms with van der Waals surface area (Å²) in [5.74, 6) is 0. The Balaban J connectivity index is 2.52. The van der Waals surface area contributed by atoms with Crippen LogP contribution in [0.1, 0.15) is 26.0 Å². The molecule has 2 N–H and O–H groups in total. The Morgan fingerprint density at radius 3 is 2.71 bits per heavy atom. The third-order valence-corrected chi connectivity index (χ3v) is 2.88. The van der Waals surface area contributed by atoms with E-state index in [1.54, 1.807) is 0 Å². The molecule has 3 nitrogen and oxygen atoms in total. The highest BCUT2D eigenvalue weighted by atomic mass is 16.3. The van der Waals surface area contributed by atoms with Crippen molar-refractivity contribution < 1.29 is 5.11 Å². The average molecular weight is 196 g/mol. The fourth-order valence-corrected chi connectivity index (χ4v) is 1.28. The van der Waals surface area contributed by atoms with Gasteiger partial charge in [-0.15, -0.1) is 0 Å². The summed E-state index contributed by atoms with van der Waals surface area (Å²) < 4.78 is 2.08. The molecule has 0 spiro atoms. The van der Waals surface area contributed by atoms with E-state index in [1.165, 1.54) is 5.69 Å². The second-order valence-corrected chi connectivity index (χ2v) is 4.04. The number of nitrogens with zero attached hydrogens (tertiary/aromatic N) is 1. The standard InChI is InChI=1S/C11H20N2O/c1-4-11(2,9-14)12-8-10-6-5-7-13(10)3/h5-7,12,14H,4,8-9H2,1-3H3. The van der Waals surface area contributed by atoms with Crippen molar-refractivity contribution in [2.24, 2.45) is 7.05 Å². The summed E-state index contributed by atoms with van der Waals surface area (Å²) in [7, 11) is 2.03. The van der Waals surface area contributed by atoms with Crippen LogP contribution in [0.5, 0.6) is 0 Å². The molecule has 0 saturated heterocycles. The SMILES string of the molecule is CCC(C)(CO)NCc1cccn1C. The number of aromatic nitrogens is 1. The number of rotatable bonds is 5. The van der Waals surface area contributed by atoms with Gasteiger partial charge in [-0.3, -0.25) is 0 Å². The van der Waals surface area contributed by atoms with E-state index in [2.05, 4.69) is 22.9 Å². The van der Waals surface area contributed by atoms with E-state index in [-0.39, 0.29) is 12.1 Å². The number of aryl methyl sites for hydroxylation is 1. The highest BCUT2D eigenvalue weighted by Gasteiger charge is 2.19. The first-order valence-corrected chi connectivity index (χ1v) is 5.07. The van der Waals surface area contributed by atoms with Gasteiger partial charge in [-0.2, -0.15) is 0 Å². The number of hydrogen-bond acceptors (Lipinski definition) is 2. The van der Waals surface area contributed by atoms with E-state index >= 15 is 0 Å². The van der Waals surface area contributed by atoms with Gasteiger partial charge in [-0.25, -0.2) is 0 Å². The Labute approximate surface area is 85.7 Å². The highest BCUT2D eigenvalue weighted by Crippen LogP contribution is 2.09. The third-order valence-electron chi connectivity index (χ3n) is 2.88. The maximum absolute atomic E-state index is 9.21. The molecule has 1 aromatic heterocycles. The van der Waals surface area contributed by atoms with E-state index in [1.807, 2.05) is 26.2 Å². The van der Waals surface area contributed by atoms with Crippen molar-refractivity contribution in [1.29, 1.82) is 0 Å². The van der Waals surface area contributed by atoms with E-state index in [0.29, 0.717) is 0 Å². The van der Waals surface area contributed by atoms with Gasteiger partial charge in [-0.1, -0.05) is 6.92 Å². The van der Waals surface area contributed by atoms with Crippen molar-refractivity contribution in [3.63, 3.8) is 0 Å². The first-order chi connectivity index (χ1) is 6.61. The Morgan fingerprint density at radius 1 is 1.57 bits per heavy atom. The summed E-state index contributed by atoms with van der Waals surface area (Å²) >= 11 is 0. The van der Waals surface area contributed by atoms with Gasteiger partial charge in [0, 0.05) is 31.0 Å². The van der Waals surface area contributed by atoms with E-state index in [9.17, 15) is 5.11 Å². The molecule has 1 heterocycles. The Kier molecular flexibility index (Phi) is 3.72. The molecule has 80 valence electrons. The summed E-state index contributed by atoms with van der Waals surface area (Å²) in [6.07, 6.45) is 2.95. The molecule has 1 atom stereocenters. The summed E-state index contributed by atoms with van der Waals surface area (Å²) in [5.41, 5.74) is 1.07. The van der Waals surface area contributed by atoms with Crippen LogP contribution in [0.25, 0.3) is 0 Å². The predicted octanol–water partition coefficient (Wildman–Crippen LogP) is 1.28. The van der Waals surface area contributed by atoms with E-state index < -0.39 is 0 Å². The lowest BCUT2D eigenvalue weighted by Gasteiger charge is -2.27. The summed E-state index contributed by atoms with van der Waals surface area (Å²) in [6.45, 7) is 5.09. The molecule has 3 heteroatoms. The Hall–Kier alpha value is -0.800. The molecule has 0 fully saturated rings. The fourth-order valence-electron chi connectivity index (χ4n) is 1.28. The van der Waals surface area contributed by atoms with Crippen LogP contribution in [0.15, 0.2) is 18.3 Å². The third kappa shape index (κ3) is 2.59. The van der Waals surface area contributed by atoms with Crippen LogP contribution in [-0.4, -0.2) is 21.8 Å². The fraction of sp³-hybridized carbons (Fsp3) is 0.636. The number of aliphatic hydroxyl groups excluding tert-OH is 1. The van der Waals surface area contributed by atoms with Gasteiger partial charge in [0.15, 0.2) is 0 Å². The van der Waals surface area contributed by atoms with Crippen molar-refractivity contribution in [1.82, 2.24) is 9.88 Å². The predicted molar refractivity (Wildman–Crippen MR) is 58.0 cm³/mol. The second-order valence-electron chi connectivity index (χ2n) is 4.04. The lowest BCUT2D eigenvalue weighted by Crippen LogP contribution is -2.44. The molecule has 0 radical (unpaired) electrons. The molecule has 0 bridgehead atoms. The van der Waals surface area contributed by atoms with Gasteiger partial charge in [0.2, 0.25) is 0 Å². The first-order valence-electron chi connectivity index (χ1n) is 5.07. The van der Waals surface area contributed by atoms with Crippen LogP contribution >= 0.6 is 0 Å². The van der Waals surface area contributed by atoms with Crippen LogP contribution in [-0.2, 0) is 13.6 Å². The van der Waals surface area contributed by atoms with Crippen LogP contribution in [0.2, 0.25) is 0 Å². The van der Waals surface area contributed by atoms with Gasteiger partial charge in [0.1, 0.15) is 0 Å². The van der Waals surface area contributed by atoms with Crippen molar-refractivity contribution >= 4 is 0 Å². The van der Waals surface area contributed by atoms with E-state index in [4.69, 9.17) is 0 Å². The van der Waals surface area contributed by atoms with Crippen LogP contribution < -0.4 is 5.32 Å². The zero-order valence-electron chi connectivity index (χ0n) is 9.25. The molecular weight excluding hydrogens is 176 g/mol. The van der Waals surface area contributed by atoms with Gasteiger partial charge in [0.05, 0.1) is 6.61 Å². The van der Waals surface area contributed by atoms with Crippen molar-refractivity contribution in [2.45, 2.75) is 32.4 Å². The zero-order chi connectivity index (χ0) is 10.6. The van der Waals surface area contributed by atoms with Gasteiger partial charge >= 0.3 is 0 Å². The van der Waals surface area contributed by atoms with Crippen molar-refractivity contribution in [2.75, 3.05) is 6.61 Å². The van der Waals surface area contributed by atoms with Crippen molar-refractivity contribution in [3.05, 3.63) is 24.0 Å². The lowest BCUT2D eigenvalue weighted by molar-refractivity contribution is 0.168.